The lowest BCUT2D eigenvalue weighted by molar-refractivity contribution is 0.392. The maximum absolute atomic E-state index is 6.21. The first-order valence-electron chi connectivity index (χ1n) is 6.18. The van der Waals surface area contributed by atoms with Crippen LogP contribution in [-0.2, 0) is 0 Å². The first-order valence-corrected chi connectivity index (χ1v) is 6.97. The van der Waals surface area contributed by atoms with Crippen molar-refractivity contribution in [1.82, 2.24) is 10.2 Å². The van der Waals surface area contributed by atoms with Crippen molar-refractivity contribution in [3.05, 3.63) is 34.9 Å². The number of hydrogen-bond donors (Lipinski definition) is 1. The van der Waals surface area contributed by atoms with E-state index in [1.165, 1.54) is 0 Å². The SMILES string of the molecule is CC(C)CNC(=S)N(C)C(C)c1ccccc1Cl. The highest BCUT2D eigenvalue weighted by atomic mass is 35.5. The fraction of sp³-hybridized carbons (Fsp3) is 0.500. The van der Waals surface area contributed by atoms with Gasteiger partial charge in [-0.05, 0) is 36.7 Å². The molecule has 1 aromatic carbocycles. The molecule has 0 aliphatic heterocycles. The molecule has 0 fully saturated rings. The molecule has 0 aliphatic rings. The molecule has 0 radical (unpaired) electrons. The van der Waals surface area contributed by atoms with Gasteiger partial charge in [-0.2, -0.15) is 0 Å². The van der Waals surface area contributed by atoms with E-state index >= 15 is 0 Å². The highest BCUT2D eigenvalue weighted by Crippen LogP contribution is 2.26. The summed E-state index contributed by atoms with van der Waals surface area (Å²) in [6.45, 7) is 7.31. The van der Waals surface area contributed by atoms with E-state index < -0.39 is 0 Å². The Labute approximate surface area is 120 Å². The van der Waals surface area contributed by atoms with Crippen LogP contribution in [0.25, 0.3) is 0 Å². The summed E-state index contributed by atoms with van der Waals surface area (Å²) >= 11 is 11.6. The molecule has 2 nitrogen and oxygen atoms in total. The summed E-state index contributed by atoms with van der Waals surface area (Å²) in [6.07, 6.45) is 0. The summed E-state index contributed by atoms with van der Waals surface area (Å²) in [4.78, 5) is 2.04. The minimum Gasteiger partial charge on any atom is -0.362 e. The Morgan fingerprint density at radius 3 is 2.50 bits per heavy atom. The minimum absolute atomic E-state index is 0.158. The molecule has 1 unspecified atom stereocenters. The predicted octanol–water partition coefficient (Wildman–Crippen LogP) is 3.86. The maximum Gasteiger partial charge on any atom is 0.169 e. The van der Waals surface area contributed by atoms with E-state index in [1.54, 1.807) is 0 Å². The van der Waals surface area contributed by atoms with Gasteiger partial charge in [0, 0.05) is 18.6 Å². The van der Waals surface area contributed by atoms with Gasteiger partial charge in [0.15, 0.2) is 5.11 Å². The average Bonchev–Trinajstić information content (AvgIpc) is 2.34. The highest BCUT2D eigenvalue weighted by Gasteiger charge is 2.16. The van der Waals surface area contributed by atoms with E-state index in [9.17, 15) is 0 Å². The molecule has 4 heteroatoms. The second-order valence-electron chi connectivity index (χ2n) is 4.89. The third-order valence-electron chi connectivity index (χ3n) is 2.92. The van der Waals surface area contributed by atoms with Crippen LogP contribution in [0.4, 0.5) is 0 Å². The lowest BCUT2D eigenvalue weighted by Gasteiger charge is -2.29. The molecule has 0 saturated heterocycles. The summed E-state index contributed by atoms with van der Waals surface area (Å²) in [5.41, 5.74) is 1.09. The molecule has 1 N–H and O–H groups in total. The van der Waals surface area contributed by atoms with Gasteiger partial charge in [-0.15, -0.1) is 0 Å². The van der Waals surface area contributed by atoms with Gasteiger partial charge >= 0.3 is 0 Å². The molecule has 0 aliphatic carbocycles. The molecule has 0 saturated carbocycles. The van der Waals surface area contributed by atoms with E-state index in [2.05, 4.69) is 26.1 Å². The number of rotatable bonds is 4. The Bertz CT molecular complexity index is 407. The van der Waals surface area contributed by atoms with Gasteiger partial charge in [0.2, 0.25) is 0 Å². The van der Waals surface area contributed by atoms with Gasteiger partial charge in [0.25, 0.3) is 0 Å². The first-order chi connectivity index (χ1) is 8.43. The lowest BCUT2D eigenvalue weighted by Crippen LogP contribution is -2.40. The first kappa shape index (κ1) is 15.3. The van der Waals surface area contributed by atoms with Crippen LogP contribution in [0.5, 0.6) is 0 Å². The summed E-state index contributed by atoms with van der Waals surface area (Å²) in [5.74, 6) is 0.576. The topological polar surface area (TPSA) is 15.3 Å². The van der Waals surface area contributed by atoms with Crippen molar-refractivity contribution in [1.29, 1.82) is 0 Å². The van der Waals surface area contributed by atoms with Gasteiger partial charge in [-0.25, -0.2) is 0 Å². The molecule has 0 amide bonds. The van der Waals surface area contributed by atoms with E-state index in [-0.39, 0.29) is 6.04 Å². The Hall–Kier alpha value is -0.800. The van der Waals surface area contributed by atoms with Crippen molar-refractivity contribution in [2.45, 2.75) is 26.8 Å². The molecule has 18 heavy (non-hydrogen) atoms. The van der Waals surface area contributed by atoms with Crippen LogP contribution in [0.1, 0.15) is 32.4 Å². The molecule has 0 spiro atoms. The Morgan fingerprint density at radius 2 is 1.94 bits per heavy atom. The van der Waals surface area contributed by atoms with Gasteiger partial charge < -0.3 is 10.2 Å². The Balaban J connectivity index is 2.69. The lowest BCUT2D eigenvalue weighted by atomic mass is 10.1. The molecule has 1 aromatic rings. The standard InChI is InChI=1S/C14H21ClN2S/c1-10(2)9-16-14(18)17(4)11(3)12-7-5-6-8-13(12)15/h5-8,10-11H,9H2,1-4H3,(H,16,18). The summed E-state index contributed by atoms with van der Waals surface area (Å²) < 4.78 is 0. The van der Waals surface area contributed by atoms with Crippen molar-refractivity contribution < 1.29 is 0 Å². The van der Waals surface area contributed by atoms with Gasteiger partial charge in [-0.3, -0.25) is 0 Å². The van der Waals surface area contributed by atoms with Crippen molar-refractivity contribution in [3.63, 3.8) is 0 Å². The minimum atomic E-state index is 0.158. The molecular weight excluding hydrogens is 264 g/mol. The number of nitrogens with one attached hydrogen (secondary N) is 1. The summed E-state index contributed by atoms with van der Waals surface area (Å²) in [5, 5.41) is 4.81. The van der Waals surface area contributed by atoms with Crippen molar-refractivity contribution in [2.24, 2.45) is 5.92 Å². The van der Waals surface area contributed by atoms with Crippen LogP contribution in [0.2, 0.25) is 5.02 Å². The zero-order valence-electron chi connectivity index (χ0n) is 11.4. The zero-order chi connectivity index (χ0) is 13.7. The molecule has 100 valence electrons. The third-order valence-corrected chi connectivity index (χ3v) is 3.69. The van der Waals surface area contributed by atoms with Crippen molar-refractivity contribution >= 4 is 28.9 Å². The number of hydrogen-bond acceptors (Lipinski definition) is 1. The second kappa shape index (κ2) is 6.95. The zero-order valence-corrected chi connectivity index (χ0v) is 13.0. The fourth-order valence-corrected chi connectivity index (χ4v) is 2.15. The third kappa shape index (κ3) is 4.14. The van der Waals surface area contributed by atoms with Gasteiger partial charge in [0.05, 0.1) is 6.04 Å². The van der Waals surface area contributed by atoms with Crippen LogP contribution in [-0.4, -0.2) is 23.6 Å². The van der Waals surface area contributed by atoms with Gasteiger partial charge in [-0.1, -0.05) is 43.6 Å². The summed E-state index contributed by atoms with van der Waals surface area (Å²) in [6, 6.07) is 8.04. The molecule has 0 aromatic heterocycles. The normalized spacial score (nSPS) is 12.3. The summed E-state index contributed by atoms with van der Waals surface area (Å²) in [7, 11) is 1.99. The largest absolute Gasteiger partial charge is 0.362 e. The number of nitrogens with zero attached hydrogens (tertiary/aromatic N) is 1. The molecular formula is C14H21ClN2S. The van der Waals surface area contributed by atoms with E-state index in [0.29, 0.717) is 5.92 Å². The number of halogens is 1. The number of benzene rings is 1. The van der Waals surface area contributed by atoms with Crippen LogP contribution >= 0.6 is 23.8 Å². The van der Waals surface area contributed by atoms with E-state index in [1.807, 2.05) is 36.2 Å². The highest BCUT2D eigenvalue weighted by molar-refractivity contribution is 7.80. The molecule has 0 heterocycles. The fourth-order valence-electron chi connectivity index (χ4n) is 1.61. The average molecular weight is 285 g/mol. The van der Waals surface area contributed by atoms with Crippen LogP contribution in [0.15, 0.2) is 24.3 Å². The van der Waals surface area contributed by atoms with Crippen molar-refractivity contribution in [2.75, 3.05) is 13.6 Å². The van der Waals surface area contributed by atoms with E-state index in [4.69, 9.17) is 23.8 Å². The maximum atomic E-state index is 6.21. The molecule has 1 atom stereocenters. The van der Waals surface area contributed by atoms with Gasteiger partial charge in [0.1, 0.15) is 0 Å². The molecule has 0 bridgehead atoms. The van der Waals surface area contributed by atoms with Crippen LogP contribution < -0.4 is 5.32 Å². The second-order valence-corrected chi connectivity index (χ2v) is 5.68. The van der Waals surface area contributed by atoms with E-state index in [0.717, 1.165) is 22.2 Å². The number of thiocarbonyl (C=S) groups is 1. The monoisotopic (exact) mass is 284 g/mol. The Kier molecular flexibility index (Phi) is 5.89. The van der Waals surface area contributed by atoms with Crippen molar-refractivity contribution in [3.8, 4) is 0 Å². The Morgan fingerprint density at radius 1 is 1.33 bits per heavy atom. The van der Waals surface area contributed by atoms with Crippen LogP contribution in [0, 0.1) is 5.92 Å². The quantitative estimate of drug-likeness (QED) is 0.845. The van der Waals surface area contributed by atoms with Crippen LogP contribution in [0.3, 0.4) is 0 Å². The predicted molar refractivity (Wildman–Crippen MR) is 83.1 cm³/mol. The smallest absolute Gasteiger partial charge is 0.169 e. The molecule has 1 rings (SSSR count).